The van der Waals surface area contributed by atoms with Crippen molar-refractivity contribution in [3.63, 3.8) is 0 Å². The number of unbranched alkanes of at least 4 members (excludes halogenated alkanes) is 4. The first-order valence-corrected chi connectivity index (χ1v) is 6.87. The van der Waals surface area contributed by atoms with Crippen LogP contribution in [0.25, 0.3) is 0 Å². The summed E-state index contributed by atoms with van der Waals surface area (Å²) in [6.45, 7) is 2.37. The lowest BCUT2D eigenvalue weighted by atomic mass is 10.2. The van der Waals surface area contributed by atoms with E-state index in [0.29, 0.717) is 5.69 Å². The van der Waals surface area contributed by atoms with Gasteiger partial charge in [-0.25, -0.2) is 9.18 Å². The fourth-order valence-corrected chi connectivity index (χ4v) is 1.65. The number of esters is 1. The molecular formula is C15H20FNO3. The van der Waals surface area contributed by atoms with Gasteiger partial charge in [-0.3, -0.25) is 4.79 Å². The van der Waals surface area contributed by atoms with Crippen molar-refractivity contribution in [1.29, 1.82) is 0 Å². The molecule has 1 aromatic carbocycles. The molecule has 0 atom stereocenters. The molecule has 0 saturated heterocycles. The Morgan fingerprint density at radius 2 is 1.75 bits per heavy atom. The maximum absolute atomic E-state index is 12.7. The highest BCUT2D eigenvalue weighted by Crippen LogP contribution is 2.08. The molecule has 0 radical (unpaired) electrons. The number of halogens is 1. The largest absolute Gasteiger partial charge is 0.459 e. The lowest BCUT2D eigenvalue weighted by molar-refractivity contribution is -0.152. The summed E-state index contributed by atoms with van der Waals surface area (Å²) < 4.78 is 17.5. The van der Waals surface area contributed by atoms with E-state index in [2.05, 4.69) is 12.2 Å². The van der Waals surface area contributed by atoms with Gasteiger partial charge in [0, 0.05) is 5.69 Å². The Kier molecular flexibility index (Phi) is 7.32. The number of anilines is 1. The summed E-state index contributed by atoms with van der Waals surface area (Å²) in [5.74, 6) is -2.16. The summed E-state index contributed by atoms with van der Waals surface area (Å²) in [7, 11) is 0. The van der Waals surface area contributed by atoms with Crippen LogP contribution in [0.5, 0.6) is 0 Å². The van der Waals surface area contributed by atoms with Gasteiger partial charge in [0.25, 0.3) is 0 Å². The molecule has 0 aromatic heterocycles. The molecule has 1 rings (SSSR count). The zero-order valence-corrected chi connectivity index (χ0v) is 11.7. The van der Waals surface area contributed by atoms with Crippen molar-refractivity contribution in [2.45, 2.75) is 39.0 Å². The molecular weight excluding hydrogens is 261 g/mol. The molecule has 0 fully saturated rings. The lowest BCUT2D eigenvalue weighted by Crippen LogP contribution is -2.25. The quantitative estimate of drug-likeness (QED) is 0.474. The minimum Gasteiger partial charge on any atom is -0.459 e. The number of rotatable bonds is 7. The highest BCUT2D eigenvalue weighted by Gasteiger charge is 2.15. The van der Waals surface area contributed by atoms with Crippen LogP contribution in [0.4, 0.5) is 10.1 Å². The number of carbonyl (C=O) groups excluding carboxylic acids is 2. The first kappa shape index (κ1) is 16.1. The zero-order valence-electron chi connectivity index (χ0n) is 11.7. The third-order valence-electron chi connectivity index (χ3n) is 2.77. The Labute approximate surface area is 118 Å². The Hall–Kier alpha value is -1.91. The Balaban J connectivity index is 2.22. The predicted octanol–water partition coefficient (Wildman–Crippen LogP) is 3.28. The lowest BCUT2D eigenvalue weighted by Gasteiger charge is -2.06. The van der Waals surface area contributed by atoms with E-state index in [-0.39, 0.29) is 6.61 Å². The smallest absolute Gasteiger partial charge is 0.397 e. The highest BCUT2D eigenvalue weighted by molar-refractivity contribution is 6.37. The van der Waals surface area contributed by atoms with Crippen LogP contribution in [0.15, 0.2) is 24.3 Å². The van der Waals surface area contributed by atoms with Crippen LogP contribution in [0, 0.1) is 5.82 Å². The highest BCUT2D eigenvalue weighted by atomic mass is 19.1. The van der Waals surface area contributed by atoms with E-state index < -0.39 is 17.7 Å². The van der Waals surface area contributed by atoms with Crippen LogP contribution in [-0.4, -0.2) is 18.5 Å². The van der Waals surface area contributed by atoms with Gasteiger partial charge in [-0.1, -0.05) is 32.6 Å². The maximum atomic E-state index is 12.7. The average Bonchev–Trinajstić information content (AvgIpc) is 2.45. The van der Waals surface area contributed by atoms with Crippen LogP contribution in [0.1, 0.15) is 39.0 Å². The molecule has 1 N–H and O–H groups in total. The first-order chi connectivity index (χ1) is 9.63. The van der Waals surface area contributed by atoms with Crippen LogP contribution in [0.3, 0.4) is 0 Å². The van der Waals surface area contributed by atoms with E-state index in [1.807, 2.05) is 0 Å². The van der Waals surface area contributed by atoms with Crippen molar-refractivity contribution in [3.8, 4) is 0 Å². The molecule has 0 aliphatic rings. The summed E-state index contributed by atoms with van der Waals surface area (Å²) in [6, 6.07) is 5.17. The summed E-state index contributed by atoms with van der Waals surface area (Å²) in [5, 5.41) is 2.35. The summed E-state index contributed by atoms with van der Waals surface area (Å²) in [4.78, 5) is 22.9. The number of amides is 1. The Morgan fingerprint density at radius 1 is 1.10 bits per heavy atom. The van der Waals surface area contributed by atoms with Crippen LogP contribution in [-0.2, 0) is 14.3 Å². The van der Waals surface area contributed by atoms with E-state index in [0.717, 1.165) is 25.7 Å². The summed E-state index contributed by atoms with van der Waals surface area (Å²) in [6.07, 6.45) is 5.17. The number of nitrogens with one attached hydrogen (secondary N) is 1. The predicted molar refractivity (Wildman–Crippen MR) is 74.7 cm³/mol. The second-order valence-corrected chi connectivity index (χ2v) is 4.51. The monoisotopic (exact) mass is 281 g/mol. The molecule has 5 heteroatoms. The Morgan fingerprint density at radius 3 is 2.40 bits per heavy atom. The van der Waals surface area contributed by atoms with E-state index in [4.69, 9.17) is 4.74 Å². The first-order valence-electron chi connectivity index (χ1n) is 6.87. The van der Waals surface area contributed by atoms with Crippen molar-refractivity contribution in [2.75, 3.05) is 11.9 Å². The second kappa shape index (κ2) is 9.07. The molecule has 110 valence electrons. The van der Waals surface area contributed by atoms with Gasteiger partial charge in [0.1, 0.15) is 5.82 Å². The molecule has 0 aliphatic carbocycles. The molecule has 0 bridgehead atoms. The maximum Gasteiger partial charge on any atom is 0.397 e. The summed E-state index contributed by atoms with van der Waals surface area (Å²) in [5.41, 5.74) is 0.358. The van der Waals surface area contributed by atoms with Gasteiger partial charge in [-0.15, -0.1) is 0 Å². The van der Waals surface area contributed by atoms with Gasteiger partial charge < -0.3 is 10.1 Å². The van der Waals surface area contributed by atoms with Gasteiger partial charge in [0.2, 0.25) is 0 Å². The van der Waals surface area contributed by atoms with Gasteiger partial charge >= 0.3 is 11.9 Å². The van der Waals surface area contributed by atoms with Crippen LogP contribution in [0.2, 0.25) is 0 Å². The number of ether oxygens (including phenoxy) is 1. The van der Waals surface area contributed by atoms with Crippen molar-refractivity contribution in [3.05, 3.63) is 30.1 Å². The van der Waals surface area contributed by atoms with Crippen LogP contribution < -0.4 is 5.32 Å². The van der Waals surface area contributed by atoms with E-state index in [1.54, 1.807) is 0 Å². The number of hydrogen-bond acceptors (Lipinski definition) is 3. The van der Waals surface area contributed by atoms with Crippen LogP contribution >= 0.6 is 0 Å². The number of benzene rings is 1. The topological polar surface area (TPSA) is 55.4 Å². The van der Waals surface area contributed by atoms with E-state index in [9.17, 15) is 14.0 Å². The van der Waals surface area contributed by atoms with E-state index >= 15 is 0 Å². The van der Waals surface area contributed by atoms with E-state index in [1.165, 1.54) is 30.7 Å². The third kappa shape index (κ3) is 6.31. The average molecular weight is 281 g/mol. The SMILES string of the molecule is CCCCCCCOC(=O)C(=O)Nc1ccc(F)cc1. The minimum atomic E-state index is -0.912. The van der Waals surface area contributed by atoms with Gasteiger partial charge in [-0.2, -0.15) is 0 Å². The third-order valence-corrected chi connectivity index (χ3v) is 2.77. The number of hydrogen-bond donors (Lipinski definition) is 1. The van der Waals surface area contributed by atoms with Gasteiger partial charge in [-0.05, 0) is 30.7 Å². The Bertz CT molecular complexity index is 431. The zero-order chi connectivity index (χ0) is 14.8. The van der Waals surface area contributed by atoms with Crippen molar-refractivity contribution in [1.82, 2.24) is 0 Å². The molecule has 0 heterocycles. The molecule has 0 spiro atoms. The molecule has 4 nitrogen and oxygen atoms in total. The van der Waals surface area contributed by atoms with Crippen molar-refractivity contribution in [2.24, 2.45) is 0 Å². The minimum absolute atomic E-state index is 0.249. The molecule has 1 amide bonds. The fourth-order valence-electron chi connectivity index (χ4n) is 1.65. The van der Waals surface area contributed by atoms with Gasteiger partial charge in [0.15, 0.2) is 0 Å². The normalized spacial score (nSPS) is 10.1. The second-order valence-electron chi connectivity index (χ2n) is 4.51. The molecule has 20 heavy (non-hydrogen) atoms. The summed E-state index contributed by atoms with van der Waals surface area (Å²) >= 11 is 0. The number of carbonyl (C=O) groups is 2. The molecule has 0 unspecified atom stereocenters. The van der Waals surface area contributed by atoms with Crippen molar-refractivity contribution < 1.29 is 18.7 Å². The molecule has 0 aliphatic heterocycles. The molecule has 1 aromatic rings. The van der Waals surface area contributed by atoms with Crippen molar-refractivity contribution >= 4 is 17.6 Å². The standard InChI is InChI=1S/C15H20FNO3/c1-2-3-4-5-6-11-20-15(19)14(18)17-13-9-7-12(16)8-10-13/h7-10H,2-6,11H2,1H3,(H,17,18). The molecule has 0 saturated carbocycles. The fraction of sp³-hybridized carbons (Fsp3) is 0.467. The van der Waals surface area contributed by atoms with Gasteiger partial charge in [0.05, 0.1) is 6.61 Å².